The van der Waals surface area contributed by atoms with Crippen molar-refractivity contribution < 1.29 is 12.4 Å². The molecule has 4 aromatic rings. The lowest BCUT2D eigenvalue weighted by atomic mass is 9.99. The minimum atomic E-state index is 0. The number of nitrogens with zero attached hydrogens (tertiary/aromatic N) is 2. The third-order valence-corrected chi connectivity index (χ3v) is 7.61. The van der Waals surface area contributed by atoms with Crippen LogP contribution in [0.2, 0.25) is 0 Å². The summed E-state index contributed by atoms with van der Waals surface area (Å²) in [6.07, 6.45) is 7.58. The molecule has 1 N–H and O–H groups in total. The van der Waals surface area contributed by atoms with Crippen LogP contribution in [-0.4, -0.2) is 29.0 Å². The Kier molecular flexibility index (Phi) is 16.5. The molecule has 3 heterocycles. The SMILES string of the molecule is C=Cc1ccc2sc(C)cc2c1.CC.CC(=O)CCCc1ccc(Nc2cc(C)nc(C3CCOCC3)n2)cc1.CCC.[HH].[HH]. The number of ether oxygens (including phenoxy) is 1. The first-order valence-corrected chi connectivity index (χ1v) is 16.5. The number of benzene rings is 2. The minimum Gasteiger partial charge on any atom is -0.381 e. The van der Waals surface area contributed by atoms with Gasteiger partial charge in [-0.1, -0.05) is 65.0 Å². The molecule has 0 unspecified atom stereocenters. The van der Waals surface area contributed by atoms with Gasteiger partial charge >= 0.3 is 0 Å². The average Bonchev–Trinajstić information content (AvgIpc) is 3.39. The van der Waals surface area contributed by atoms with Gasteiger partial charge in [-0.25, -0.2) is 9.97 Å². The number of aromatic nitrogens is 2. The molecule has 0 atom stereocenters. The van der Waals surface area contributed by atoms with Gasteiger partial charge in [-0.2, -0.15) is 0 Å². The maximum Gasteiger partial charge on any atom is 0.134 e. The summed E-state index contributed by atoms with van der Waals surface area (Å²) in [4.78, 5) is 21.8. The summed E-state index contributed by atoms with van der Waals surface area (Å²) in [5.41, 5.74) is 4.43. The van der Waals surface area contributed by atoms with E-state index in [1.807, 2.05) is 44.3 Å². The molecule has 5 rings (SSSR count). The highest BCUT2D eigenvalue weighted by atomic mass is 32.1. The van der Waals surface area contributed by atoms with E-state index in [-0.39, 0.29) is 8.64 Å². The van der Waals surface area contributed by atoms with Crippen LogP contribution in [0.1, 0.15) is 103 Å². The van der Waals surface area contributed by atoms with E-state index in [1.165, 1.54) is 32.5 Å². The molecule has 1 aliphatic rings. The monoisotopic (exact) mass is 605 g/mol. The Morgan fingerprint density at radius 1 is 1.05 bits per heavy atom. The first kappa shape index (κ1) is 35.8. The molecular weight excluding hydrogens is 550 g/mol. The number of carbonyl (C=O) groups excluding carboxylic acids is 1. The third-order valence-electron chi connectivity index (χ3n) is 6.58. The number of aryl methyl sites for hydroxylation is 3. The van der Waals surface area contributed by atoms with Crippen molar-refractivity contribution in [1.29, 1.82) is 0 Å². The van der Waals surface area contributed by atoms with E-state index in [9.17, 15) is 4.79 Å². The summed E-state index contributed by atoms with van der Waals surface area (Å²) in [5, 5.41) is 4.72. The summed E-state index contributed by atoms with van der Waals surface area (Å²) in [5.74, 6) is 2.38. The van der Waals surface area contributed by atoms with Crippen molar-refractivity contribution in [3.8, 4) is 0 Å². The second-order valence-electron chi connectivity index (χ2n) is 10.6. The van der Waals surface area contributed by atoms with Crippen LogP contribution in [0, 0.1) is 13.8 Å². The molecule has 2 aromatic carbocycles. The van der Waals surface area contributed by atoms with E-state index in [0.29, 0.717) is 12.3 Å². The molecule has 0 spiro atoms. The number of fused-ring (bicyclic) bond motifs is 1. The molecule has 1 saturated heterocycles. The van der Waals surface area contributed by atoms with Crippen molar-refractivity contribution >= 4 is 44.8 Å². The van der Waals surface area contributed by atoms with E-state index < -0.39 is 0 Å². The number of carbonyl (C=O) groups is 1. The summed E-state index contributed by atoms with van der Waals surface area (Å²) < 4.78 is 6.80. The highest BCUT2D eigenvalue weighted by molar-refractivity contribution is 7.19. The first-order chi connectivity index (χ1) is 20.8. The Hall–Kier alpha value is -3.35. The number of thiophene rings is 1. The van der Waals surface area contributed by atoms with Crippen molar-refractivity contribution in [2.75, 3.05) is 18.5 Å². The van der Waals surface area contributed by atoms with Gasteiger partial charge in [-0.05, 0) is 93.3 Å². The van der Waals surface area contributed by atoms with Crippen LogP contribution in [0.5, 0.6) is 0 Å². The summed E-state index contributed by atoms with van der Waals surface area (Å²) in [6.45, 7) is 19.4. The average molecular weight is 606 g/mol. The van der Waals surface area contributed by atoms with Gasteiger partial charge in [0.05, 0.1) is 0 Å². The molecule has 0 radical (unpaired) electrons. The van der Waals surface area contributed by atoms with E-state index in [0.717, 1.165) is 61.9 Å². The van der Waals surface area contributed by atoms with Gasteiger partial charge < -0.3 is 14.8 Å². The highest BCUT2D eigenvalue weighted by Crippen LogP contribution is 2.27. The Morgan fingerprint density at radius 2 is 1.72 bits per heavy atom. The Labute approximate surface area is 266 Å². The molecular formula is C37H55N3O2S. The Balaban J connectivity index is 0.000000853. The zero-order valence-corrected chi connectivity index (χ0v) is 28.2. The van der Waals surface area contributed by atoms with Crippen LogP contribution in [0.4, 0.5) is 11.5 Å². The lowest BCUT2D eigenvalue weighted by molar-refractivity contribution is -0.117. The summed E-state index contributed by atoms with van der Waals surface area (Å²) in [7, 11) is 0. The number of rotatable bonds is 8. The van der Waals surface area contributed by atoms with Crippen LogP contribution in [0.25, 0.3) is 16.2 Å². The van der Waals surface area contributed by atoms with Crippen LogP contribution in [0.3, 0.4) is 0 Å². The number of ketones is 1. The summed E-state index contributed by atoms with van der Waals surface area (Å²) in [6, 6.07) is 19.0. The largest absolute Gasteiger partial charge is 0.381 e. The predicted molar refractivity (Wildman–Crippen MR) is 191 cm³/mol. The van der Waals surface area contributed by atoms with Gasteiger partial charge in [0.15, 0.2) is 0 Å². The fourth-order valence-electron chi connectivity index (χ4n) is 4.56. The molecule has 2 aromatic heterocycles. The Bertz CT molecular complexity index is 1400. The maximum absolute atomic E-state index is 11.0. The lowest BCUT2D eigenvalue weighted by Crippen LogP contribution is -2.17. The molecule has 1 aliphatic heterocycles. The Morgan fingerprint density at radius 3 is 2.35 bits per heavy atom. The molecule has 43 heavy (non-hydrogen) atoms. The molecule has 5 nitrogen and oxygen atoms in total. The number of hydrogen-bond donors (Lipinski definition) is 1. The van der Waals surface area contributed by atoms with Gasteiger partial charge in [0, 0.05) is 55.4 Å². The first-order valence-electron chi connectivity index (χ1n) is 15.7. The quantitative estimate of drug-likeness (QED) is 0.216. The molecule has 0 aliphatic carbocycles. The molecule has 0 amide bonds. The standard InChI is InChI=1S/C21H27N3O2.C11H10S.C3H8.C2H6.2H2/c1-15-14-20(24-21(22-15)18-10-12-26-13-11-18)23-19-8-6-17(7-9-19)5-3-4-16(2)25;1-3-9-4-5-11-10(7-9)6-8(2)12-11;1-3-2;1-2;;/h6-9,14,18H,3-5,10-13H2,1-2H3,(H,22,23,24);3-7H,1H2,2H3;3H2,1-2H3;1-2H3;2*1H. The predicted octanol–water partition coefficient (Wildman–Crippen LogP) is 11.1. The van der Waals surface area contributed by atoms with E-state index in [1.54, 1.807) is 6.92 Å². The van der Waals surface area contributed by atoms with Gasteiger partial charge in [0.1, 0.15) is 17.4 Å². The molecule has 0 bridgehead atoms. The van der Waals surface area contributed by atoms with Gasteiger partial charge in [-0.3, -0.25) is 0 Å². The summed E-state index contributed by atoms with van der Waals surface area (Å²) >= 11 is 1.84. The van der Waals surface area contributed by atoms with E-state index in [4.69, 9.17) is 9.72 Å². The van der Waals surface area contributed by atoms with Crippen LogP contribution in [-0.2, 0) is 16.0 Å². The van der Waals surface area contributed by atoms with E-state index in [2.05, 4.69) is 86.2 Å². The van der Waals surface area contributed by atoms with Gasteiger partial charge in [0.2, 0.25) is 0 Å². The van der Waals surface area contributed by atoms with Crippen LogP contribution >= 0.6 is 11.3 Å². The van der Waals surface area contributed by atoms with Gasteiger partial charge in [-0.15, -0.1) is 11.3 Å². The number of hydrogen-bond acceptors (Lipinski definition) is 6. The van der Waals surface area contributed by atoms with Gasteiger partial charge in [0.25, 0.3) is 0 Å². The number of Topliss-reactive ketones (excluding diaryl/α,β-unsaturated/α-hetero) is 1. The number of anilines is 2. The third kappa shape index (κ3) is 12.8. The van der Waals surface area contributed by atoms with Crippen molar-refractivity contribution in [2.45, 2.75) is 92.9 Å². The van der Waals surface area contributed by atoms with Crippen LogP contribution in [0.15, 0.2) is 61.2 Å². The highest BCUT2D eigenvalue weighted by Gasteiger charge is 2.19. The zero-order valence-electron chi connectivity index (χ0n) is 27.3. The van der Waals surface area contributed by atoms with Crippen molar-refractivity contribution in [3.05, 3.63) is 88.7 Å². The zero-order chi connectivity index (χ0) is 31.6. The van der Waals surface area contributed by atoms with Crippen molar-refractivity contribution in [3.63, 3.8) is 0 Å². The molecule has 0 saturated carbocycles. The van der Waals surface area contributed by atoms with Crippen molar-refractivity contribution in [1.82, 2.24) is 9.97 Å². The number of nitrogens with one attached hydrogen (secondary N) is 1. The fourth-order valence-corrected chi connectivity index (χ4v) is 5.46. The lowest BCUT2D eigenvalue weighted by Gasteiger charge is -2.21. The maximum atomic E-state index is 11.0. The smallest absolute Gasteiger partial charge is 0.134 e. The van der Waals surface area contributed by atoms with Crippen molar-refractivity contribution in [2.24, 2.45) is 0 Å². The second kappa shape index (κ2) is 19.8. The normalized spacial score (nSPS) is 12.5. The second-order valence-corrected chi connectivity index (χ2v) is 11.9. The molecule has 6 heteroatoms. The van der Waals surface area contributed by atoms with Crippen LogP contribution < -0.4 is 5.32 Å². The molecule has 1 fully saturated rings. The minimum absolute atomic E-state index is 0. The molecule has 236 valence electrons. The topological polar surface area (TPSA) is 64.1 Å². The van der Waals surface area contributed by atoms with E-state index >= 15 is 0 Å². The fraction of sp³-hybridized carbons (Fsp3) is 0.432.